The molecule has 0 saturated carbocycles. The number of rotatable bonds is 4. The number of para-hydroxylation sites is 1. The molecule has 23 heavy (non-hydrogen) atoms. The minimum atomic E-state index is -1.28. The Balaban J connectivity index is 1.98. The van der Waals surface area contributed by atoms with Gasteiger partial charge in [0, 0.05) is 0 Å². The lowest BCUT2D eigenvalue weighted by atomic mass is 10.2. The molecule has 1 N–H and O–H groups in total. The second-order valence-electron chi connectivity index (χ2n) is 4.35. The summed E-state index contributed by atoms with van der Waals surface area (Å²) >= 11 is 5.60. The summed E-state index contributed by atoms with van der Waals surface area (Å²) in [7, 11) is 0. The molecule has 0 aliphatic carbocycles. The second kappa shape index (κ2) is 7.15. The van der Waals surface area contributed by atoms with Gasteiger partial charge in [-0.25, -0.2) is 18.0 Å². The molecule has 0 aromatic heterocycles. The van der Waals surface area contributed by atoms with Crippen molar-refractivity contribution in [3.63, 3.8) is 0 Å². The summed E-state index contributed by atoms with van der Waals surface area (Å²) < 4.78 is 44.0. The Hall–Kier alpha value is -2.54. The van der Waals surface area contributed by atoms with Crippen molar-refractivity contribution >= 4 is 29.2 Å². The highest BCUT2D eigenvalue weighted by Gasteiger charge is 2.17. The van der Waals surface area contributed by atoms with Crippen molar-refractivity contribution in [2.24, 2.45) is 0 Å². The summed E-state index contributed by atoms with van der Waals surface area (Å²) in [5.74, 6) is -5.07. The van der Waals surface area contributed by atoms with Gasteiger partial charge in [-0.3, -0.25) is 4.79 Å². The predicted molar refractivity (Wildman–Crippen MR) is 76.7 cm³/mol. The summed E-state index contributed by atoms with van der Waals surface area (Å²) in [4.78, 5) is 23.3. The number of esters is 1. The molecule has 0 radical (unpaired) electrons. The lowest BCUT2D eigenvalue weighted by Gasteiger charge is -2.08. The smallest absolute Gasteiger partial charge is 0.340 e. The van der Waals surface area contributed by atoms with Crippen LogP contribution in [0.4, 0.5) is 18.9 Å². The van der Waals surface area contributed by atoms with E-state index < -0.39 is 41.5 Å². The zero-order valence-corrected chi connectivity index (χ0v) is 12.2. The predicted octanol–water partition coefficient (Wildman–Crippen LogP) is 3.55. The van der Waals surface area contributed by atoms with Gasteiger partial charge in [-0.2, -0.15) is 0 Å². The molecule has 0 saturated heterocycles. The average Bonchev–Trinajstić information content (AvgIpc) is 2.51. The zero-order valence-electron chi connectivity index (χ0n) is 11.4. The molecular weight excluding hydrogens is 335 g/mol. The summed E-state index contributed by atoms with van der Waals surface area (Å²) in [6.07, 6.45) is 0. The summed E-state index contributed by atoms with van der Waals surface area (Å²) in [5, 5.41) is 1.84. The number of carbonyl (C=O) groups excluding carboxylic acids is 2. The molecule has 8 heteroatoms. The monoisotopic (exact) mass is 343 g/mol. The molecule has 1 amide bonds. The number of ether oxygens (including phenoxy) is 1. The number of nitrogens with one attached hydrogen (secondary N) is 1. The maximum atomic E-state index is 13.3. The fourth-order valence-electron chi connectivity index (χ4n) is 1.64. The first-order chi connectivity index (χ1) is 10.9. The van der Waals surface area contributed by atoms with Gasteiger partial charge in [0.25, 0.3) is 5.91 Å². The maximum absolute atomic E-state index is 13.3. The first kappa shape index (κ1) is 16.8. The Morgan fingerprint density at radius 2 is 1.70 bits per heavy atom. The lowest BCUT2D eigenvalue weighted by Crippen LogP contribution is -2.21. The van der Waals surface area contributed by atoms with E-state index >= 15 is 0 Å². The zero-order chi connectivity index (χ0) is 17.0. The second-order valence-corrected chi connectivity index (χ2v) is 4.76. The molecule has 0 atom stereocenters. The van der Waals surface area contributed by atoms with Gasteiger partial charge in [0.2, 0.25) is 0 Å². The third kappa shape index (κ3) is 4.23. The fraction of sp³-hybridized carbons (Fsp3) is 0.0667. The number of hydrogen-bond donors (Lipinski definition) is 1. The van der Waals surface area contributed by atoms with E-state index in [0.717, 1.165) is 6.07 Å². The molecule has 0 bridgehead atoms. The molecule has 4 nitrogen and oxygen atoms in total. The van der Waals surface area contributed by atoms with Crippen LogP contribution >= 0.6 is 11.6 Å². The van der Waals surface area contributed by atoms with Crippen molar-refractivity contribution in [3.8, 4) is 0 Å². The van der Waals surface area contributed by atoms with Gasteiger partial charge in [-0.05, 0) is 24.3 Å². The molecule has 0 fully saturated rings. The van der Waals surface area contributed by atoms with Crippen molar-refractivity contribution in [2.45, 2.75) is 0 Å². The number of anilines is 1. The van der Waals surface area contributed by atoms with Crippen LogP contribution in [-0.4, -0.2) is 18.5 Å². The standard InChI is InChI=1S/C15H9ClF3NO3/c16-9-6-12(19)11(18)5-8(9)15(22)23-7-14(21)20-13-4-2-1-3-10(13)17/h1-6H,7H2,(H,20,21). The quantitative estimate of drug-likeness (QED) is 0.682. The normalized spacial score (nSPS) is 10.3. The van der Waals surface area contributed by atoms with Crippen LogP contribution in [0.15, 0.2) is 36.4 Å². The largest absolute Gasteiger partial charge is 0.452 e. The van der Waals surface area contributed by atoms with E-state index in [1.165, 1.54) is 18.2 Å². The molecule has 120 valence electrons. The molecule has 0 unspecified atom stereocenters. The van der Waals surface area contributed by atoms with E-state index in [-0.39, 0.29) is 10.7 Å². The van der Waals surface area contributed by atoms with Crippen LogP contribution in [0.2, 0.25) is 5.02 Å². The van der Waals surface area contributed by atoms with E-state index in [4.69, 9.17) is 11.6 Å². The van der Waals surface area contributed by atoms with Crippen LogP contribution in [0.5, 0.6) is 0 Å². The molecular formula is C15H9ClF3NO3. The molecule has 0 spiro atoms. The van der Waals surface area contributed by atoms with Gasteiger partial charge < -0.3 is 10.1 Å². The fourth-order valence-corrected chi connectivity index (χ4v) is 1.86. The van der Waals surface area contributed by atoms with Crippen molar-refractivity contribution in [3.05, 3.63) is 64.4 Å². The van der Waals surface area contributed by atoms with E-state index in [0.29, 0.717) is 12.1 Å². The van der Waals surface area contributed by atoms with Crippen LogP contribution in [0.25, 0.3) is 0 Å². The van der Waals surface area contributed by atoms with Gasteiger partial charge in [-0.15, -0.1) is 0 Å². The highest BCUT2D eigenvalue weighted by molar-refractivity contribution is 6.33. The highest BCUT2D eigenvalue weighted by atomic mass is 35.5. The van der Waals surface area contributed by atoms with Crippen molar-refractivity contribution < 1.29 is 27.5 Å². The first-order valence-corrected chi connectivity index (χ1v) is 6.62. The molecule has 2 aromatic rings. The highest BCUT2D eigenvalue weighted by Crippen LogP contribution is 2.21. The van der Waals surface area contributed by atoms with E-state index in [1.54, 1.807) is 0 Å². The Bertz CT molecular complexity index is 768. The summed E-state index contributed by atoms with van der Waals surface area (Å²) in [6.45, 7) is -0.748. The number of hydrogen-bond acceptors (Lipinski definition) is 3. The molecule has 2 rings (SSSR count). The topological polar surface area (TPSA) is 55.4 Å². The van der Waals surface area contributed by atoms with Crippen LogP contribution in [-0.2, 0) is 9.53 Å². The summed E-state index contributed by atoms with van der Waals surface area (Å²) in [5.41, 5.74) is -0.510. The first-order valence-electron chi connectivity index (χ1n) is 6.24. The van der Waals surface area contributed by atoms with Gasteiger partial charge in [-0.1, -0.05) is 23.7 Å². The van der Waals surface area contributed by atoms with Gasteiger partial charge in [0.05, 0.1) is 16.3 Å². The number of carbonyl (C=O) groups is 2. The Morgan fingerprint density at radius 3 is 2.39 bits per heavy atom. The van der Waals surface area contributed by atoms with E-state index in [1.807, 2.05) is 0 Å². The number of amides is 1. The number of halogens is 4. The Labute approximate surface area is 133 Å². The minimum absolute atomic E-state index is 0.0839. The SMILES string of the molecule is O=C(COC(=O)c1cc(F)c(F)cc1Cl)Nc1ccccc1F. The summed E-state index contributed by atoms with van der Waals surface area (Å²) in [6, 6.07) is 6.59. The van der Waals surface area contributed by atoms with Crippen molar-refractivity contribution in [1.82, 2.24) is 0 Å². The van der Waals surface area contributed by atoms with Crippen LogP contribution in [0.3, 0.4) is 0 Å². The maximum Gasteiger partial charge on any atom is 0.340 e. The van der Waals surface area contributed by atoms with Crippen molar-refractivity contribution in [1.29, 1.82) is 0 Å². The Morgan fingerprint density at radius 1 is 1.04 bits per heavy atom. The van der Waals surface area contributed by atoms with Gasteiger partial charge >= 0.3 is 5.97 Å². The average molecular weight is 344 g/mol. The lowest BCUT2D eigenvalue weighted by molar-refractivity contribution is -0.119. The molecule has 0 aliphatic rings. The van der Waals surface area contributed by atoms with Gasteiger partial charge in [0.1, 0.15) is 5.82 Å². The Kier molecular flexibility index (Phi) is 5.23. The van der Waals surface area contributed by atoms with Gasteiger partial charge in [0.15, 0.2) is 18.2 Å². The van der Waals surface area contributed by atoms with Crippen LogP contribution < -0.4 is 5.32 Å². The third-order valence-corrected chi connectivity index (χ3v) is 3.02. The molecule has 0 aliphatic heterocycles. The molecule has 0 heterocycles. The van der Waals surface area contributed by atoms with E-state index in [9.17, 15) is 22.8 Å². The third-order valence-electron chi connectivity index (χ3n) is 2.71. The minimum Gasteiger partial charge on any atom is -0.452 e. The van der Waals surface area contributed by atoms with Crippen molar-refractivity contribution in [2.75, 3.05) is 11.9 Å². The van der Waals surface area contributed by atoms with E-state index in [2.05, 4.69) is 10.1 Å². The number of benzene rings is 2. The van der Waals surface area contributed by atoms with Crippen LogP contribution in [0, 0.1) is 17.5 Å². The van der Waals surface area contributed by atoms with Crippen LogP contribution in [0.1, 0.15) is 10.4 Å². The molecule has 2 aromatic carbocycles.